The monoisotopic (exact) mass is 383 g/mol. The summed E-state index contributed by atoms with van der Waals surface area (Å²) in [6.07, 6.45) is 6.00. The Labute approximate surface area is 163 Å². The third kappa shape index (κ3) is 4.51. The van der Waals surface area contributed by atoms with Crippen molar-refractivity contribution in [3.63, 3.8) is 0 Å². The first-order valence-electron chi connectivity index (χ1n) is 9.20. The number of anilines is 2. The summed E-state index contributed by atoms with van der Waals surface area (Å²) in [6.45, 7) is 4.51. The number of hydrogen-bond donors (Lipinski definition) is 3. The lowest BCUT2D eigenvalue weighted by Crippen LogP contribution is -2.47. The Kier molecular flexibility index (Phi) is 5.67. The number of nitrogens with one attached hydrogen (secondary N) is 2. The van der Waals surface area contributed by atoms with Gasteiger partial charge in [0.15, 0.2) is 5.82 Å². The fraction of sp³-hybridized carbons (Fsp3) is 0.444. The van der Waals surface area contributed by atoms with Crippen molar-refractivity contribution in [2.24, 2.45) is 7.05 Å². The molecule has 0 aliphatic carbocycles. The van der Waals surface area contributed by atoms with E-state index in [1.807, 2.05) is 13.0 Å². The Bertz CT molecular complexity index is 971. The van der Waals surface area contributed by atoms with Crippen LogP contribution >= 0.6 is 0 Å². The molecule has 10 heteroatoms. The van der Waals surface area contributed by atoms with E-state index in [1.165, 1.54) is 11.0 Å². The summed E-state index contributed by atoms with van der Waals surface area (Å²) < 4.78 is 1.49. The van der Waals surface area contributed by atoms with Gasteiger partial charge in [-0.15, -0.1) is 5.10 Å². The molecule has 0 saturated heterocycles. The highest BCUT2D eigenvalue weighted by Gasteiger charge is 2.27. The molecular weight excluding hydrogens is 358 g/mol. The molecule has 0 aliphatic rings. The second-order valence-corrected chi connectivity index (χ2v) is 7.02. The quantitative estimate of drug-likeness (QED) is 0.532. The molecule has 1 atom stereocenters. The molecule has 3 aromatic rings. The predicted octanol–water partition coefficient (Wildman–Crippen LogP) is 1.53. The minimum Gasteiger partial charge on any atom is -0.368 e. The molecule has 3 aromatic heterocycles. The minimum absolute atomic E-state index is 0.138. The summed E-state index contributed by atoms with van der Waals surface area (Å²) in [5.74, 6) is 0.531. The van der Waals surface area contributed by atoms with Crippen molar-refractivity contribution in [3.05, 3.63) is 30.5 Å². The van der Waals surface area contributed by atoms with Gasteiger partial charge in [0.05, 0.1) is 11.1 Å². The van der Waals surface area contributed by atoms with E-state index in [0.717, 1.165) is 19.3 Å². The van der Waals surface area contributed by atoms with Gasteiger partial charge >= 0.3 is 0 Å². The Hall–Kier alpha value is -3.30. The third-order valence-corrected chi connectivity index (χ3v) is 4.42. The standard InChI is InChI=1S/C18H25N9O/c1-4-5-8-18(2,10-21-16(28)15-22-11-27(3)26-15)25-14-13-12(7-6-9-20-13)23-17(19)24-14/h6-7,9,11H,4-5,8,10H2,1-3H3,(H,21,28)(H3,19,23,24,25). The first kappa shape index (κ1) is 19.5. The molecule has 3 rings (SSSR count). The van der Waals surface area contributed by atoms with Crippen molar-refractivity contribution < 1.29 is 4.79 Å². The van der Waals surface area contributed by atoms with Gasteiger partial charge in [0.1, 0.15) is 11.8 Å². The van der Waals surface area contributed by atoms with Crippen molar-refractivity contribution >= 4 is 28.7 Å². The first-order valence-corrected chi connectivity index (χ1v) is 9.20. The van der Waals surface area contributed by atoms with Crippen LogP contribution in [0.3, 0.4) is 0 Å². The van der Waals surface area contributed by atoms with E-state index < -0.39 is 5.54 Å². The lowest BCUT2D eigenvalue weighted by molar-refractivity contribution is 0.0935. The zero-order valence-corrected chi connectivity index (χ0v) is 16.3. The van der Waals surface area contributed by atoms with Crippen LogP contribution in [0.2, 0.25) is 0 Å². The van der Waals surface area contributed by atoms with E-state index in [2.05, 4.69) is 42.6 Å². The van der Waals surface area contributed by atoms with Crippen LogP contribution in [0.25, 0.3) is 11.0 Å². The summed E-state index contributed by atoms with van der Waals surface area (Å²) in [5, 5.41) is 10.4. The minimum atomic E-state index is -0.467. The van der Waals surface area contributed by atoms with Crippen LogP contribution < -0.4 is 16.4 Å². The zero-order chi connectivity index (χ0) is 20.1. The Morgan fingerprint density at radius 3 is 2.86 bits per heavy atom. The fourth-order valence-electron chi connectivity index (χ4n) is 2.92. The number of rotatable bonds is 8. The van der Waals surface area contributed by atoms with Crippen LogP contribution in [0.4, 0.5) is 11.8 Å². The SMILES string of the molecule is CCCCC(C)(CNC(=O)c1ncn(C)n1)Nc1nc(N)nc2cccnc12. The maximum Gasteiger partial charge on any atom is 0.291 e. The lowest BCUT2D eigenvalue weighted by Gasteiger charge is -2.32. The molecule has 1 amide bonds. The second kappa shape index (κ2) is 8.15. The molecule has 0 spiro atoms. The highest BCUT2D eigenvalue weighted by molar-refractivity contribution is 5.90. The number of amides is 1. The van der Waals surface area contributed by atoms with E-state index in [4.69, 9.17) is 5.73 Å². The number of hydrogen-bond acceptors (Lipinski definition) is 8. The first-order chi connectivity index (χ1) is 13.4. The molecule has 3 heterocycles. The van der Waals surface area contributed by atoms with Gasteiger partial charge < -0.3 is 16.4 Å². The Balaban J connectivity index is 1.82. The van der Waals surface area contributed by atoms with Crippen molar-refractivity contribution in [1.82, 2.24) is 35.0 Å². The molecule has 0 bridgehead atoms. The molecular formula is C18H25N9O. The highest BCUT2D eigenvalue weighted by Crippen LogP contribution is 2.25. The van der Waals surface area contributed by atoms with Crippen LogP contribution in [-0.4, -0.2) is 47.7 Å². The topological polar surface area (TPSA) is 137 Å². The van der Waals surface area contributed by atoms with E-state index in [-0.39, 0.29) is 17.7 Å². The number of fused-ring (bicyclic) bond motifs is 1. The van der Waals surface area contributed by atoms with Crippen LogP contribution in [0.15, 0.2) is 24.7 Å². The van der Waals surface area contributed by atoms with Crippen LogP contribution in [-0.2, 0) is 7.05 Å². The number of nitrogen functional groups attached to an aromatic ring is 1. The average Bonchev–Trinajstić information content (AvgIpc) is 3.11. The Morgan fingerprint density at radius 1 is 1.32 bits per heavy atom. The molecule has 28 heavy (non-hydrogen) atoms. The number of aryl methyl sites for hydroxylation is 1. The summed E-state index contributed by atoms with van der Waals surface area (Å²) in [6, 6.07) is 3.64. The summed E-state index contributed by atoms with van der Waals surface area (Å²) >= 11 is 0. The lowest BCUT2D eigenvalue weighted by atomic mass is 9.94. The number of aromatic nitrogens is 6. The fourth-order valence-corrected chi connectivity index (χ4v) is 2.92. The van der Waals surface area contributed by atoms with Crippen molar-refractivity contribution in [3.8, 4) is 0 Å². The van der Waals surface area contributed by atoms with Crippen LogP contribution in [0.1, 0.15) is 43.7 Å². The zero-order valence-electron chi connectivity index (χ0n) is 16.3. The van der Waals surface area contributed by atoms with Crippen LogP contribution in [0, 0.1) is 0 Å². The Morgan fingerprint density at radius 2 is 2.14 bits per heavy atom. The molecule has 0 fully saturated rings. The average molecular weight is 383 g/mol. The van der Waals surface area contributed by atoms with Gasteiger partial charge in [-0.25, -0.2) is 9.97 Å². The normalized spacial score (nSPS) is 13.2. The number of unbranched alkanes of at least 4 members (excludes halogenated alkanes) is 1. The van der Waals surface area contributed by atoms with Gasteiger partial charge in [0, 0.05) is 19.8 Å². The number of pyridine rings is 1. The van der Waals surface area contributed by atoms with Gasteiger partial charge in [-0.3, -0.25) is 14.5 Å². The number of carbonyl (C=O) groups is 1. The van der Waals surface area contributed by atoms with E-state index >= 15 is 0 Å². The largest absolute Gasteiger partial charge is 0.368 e. The number of carbonyl (C=O) groups excluding carboxylic acids is 1. The maximum atomic E-state index is 12.4. The van der Waals surface area contributed by atoms with E-state index in [0.29, 0.717) is 23.4 Å². The van der Waals surface area contributed by atoms with E-state index in [9.17, 15) is 4.79 Å². The molecule has 1 unspecified atom stereocenters. The van der Waals surface area contributed by atoms with Crippen molar-refractivity contribution in [2.75, 3.05) is 17.6 Å². The van der Waals surface area contributed by atoms with Gasteiger partial charge in [-0.2, -0.15) is 4.98 Å². The molecule has 148 valence electrons. The number of nitrogens with two attached hydrogens (primary N) is 1. The highest BCUT2D eigenvalue weighted by atomic mass is 16.2. The van der Waals surface area contributed by atoms with Gasteiger partial charge in [-0.1, -0.05) is 19.8 Å². The summed E-state index contributed by atoms with van der Waals surface area (Å²) in [4.78, 5) is 29.3. The third-order valence-electron chi connectivity index (χ3n) is 4.42. The molecule has 0 aliphatic heterocycles. The summed E-state index contributed by atoms with van der Waals surface area (Å²) in [5.41, 5.74) is 6.70. The summed E-state index contributed by atoms with van der Waals surface area (Å²) in [7, 11) is 1.72. The van der Waals surface area contributed by atoms with Gasteiger partial charge in [0.25, 0.3) is 5.91 Å². The van der Waals surface area contributed by atoms with Crippen molar-refractivity contribution in [1.29, 1.82) is 0 Å². The predicted molar refractivity (Wildman–Crippen MR) is 107 cm³/mol. The number of nitrogens with zero attached hydrogens (tertiary/aromatic N) is 6. The van der Waals surface area contributed by atoms with Gasteiger partial charge in [0.2, 0.25) is 11.8 Å². The molecule has 4 N–H and O–H groups in total. The van der Waals surface area contributed by atoms with E-state index in [1.54, 1.807) is 19.3 Å². The smallest absolute Gasteiger partial charge is 0.291 e. The van der Waals surface area contributed by atoms with Gasteiger partial charge in [-0.05, 0) is 25.5 Å². The molecule has 0 saturated carbocycles. The maximum absolute atomic E-state index is 12.4. The second-order valence-electron chi connectivity index (χ2n) is 7.02. The van der Waals surface area contributed by atoms with Crippen molar-refractivity contribution in [2.45, 2.75) is 38.6 Å². The van der Waals surface area contributed by atoms with Crippen LogP contribution in [0.5, 0.6) is 0 Å². The molecule has 0 aromatic carbocycles. The molecule has 0 radical (unpaired) electrons. The molecule has 10 nitrogen and oxygen atoms in total.